The van der Waals surface area contributed by atoms with Gasteiger partial charge in [0.25, 0.3) is 5.56 Å². The minimum atomic E-state index is -0.250. The van der Waals surface area contributed by atoms with Crippen LogP contribution in [0.15, 0.2) is 34.2 Å². The Hall–Kier alpha value is -2.17. The number of thiazole rings is 1. The van der Waals surface area contributed by atoms with Crippen LogP contribution in [0.2, 0.25) is 0 Å². The second-order valence-electron chi connectivity index (χ2n) is 6.99. The third kappa shape index (κ3) is 4.60. The van der Waals surface area contributed by atoms with Crippen LogP contribution in [0.4, 0.5) is 0 Å². The van der Waals surface area contributed by atoms with Gasteiger partial charge in [-0.05, 0) is 56.2 Å². The third-order valence-electron chi connectivity index (χ3n) is 4.89. The Kier molecular flexibility index (Phi) is 6.55. The number of carbonyl (C=O) groups is 1. The van der Waals surface area contributed by atoms with Crippen molar-refractivity contribution in [2.45, 2.75) is 43.8 Å². The molecule has 3 aromatic rings. The van der Waals surface area contributed by atoms with E-state index in [2.05, 4.69) is 15.3 Å². The molecule has 1 fully saturated rings. The fraction of sp³-hybridized carbons (Fsp3) is 0.400. The summed E-state index contributed by atoms with van der Waals surface area (Å²) in [4.78, 5) is 32.2. The maximum Gasteiger partial charge on any atom is 0.271 e. The molecule has 1 saturated carbocycles. The van der Waals surface area contributed by atoms with E-state index < -0.39 is 0 Å². The number of hydrogen-bond acceptors (Lipinski definition) is 7. The van der Waals surface area contributed by atoms with Crippen molar-refractivity contribution in [2.24, 2.45) is 0 Å². The van der Waals surface area contributed by atoms with E-state index in [1.807, 2.05) is 31.2 Å². The first-order valence-electron chi connectivity index (χ1n) is 9.86. The molecule has 1 aliphatic rings. The van der Waals surface area contributed by atoms with Crippen LogP contribution in [0.5, 0.6) is 5.75 Å². The molecule has 4 rings (SSSR count). The molecule has 0 bridgehead atoms. The molecule has 2 aromatic heterocycles. The maximum atomic E-state index is 12.6. The SMILES string of the molecule is CCOc1ccc(-n2c(=S)sc3c(=O)[nH]c(SCC(=O)NC4CCCC4)nc32)cc1. The van der Waals surface area contributed by atoms with Crippen molar-refractivity contribution in [3.05, 3.63) is 38.6 Å². The first-order chi connectivity index (χ1) is 14.5. The Bertz CT molecular complexity index is 1160. The van der Waals surface area contributed by atoms with Crippen molar-refractivity contribution in [1.29, 1.82) is 0 Å². The molecular weight excluding hydrogens is 440 g/mol. The number of hydrogen-bond donors (Lipinski definition) is 2. The number of nitrogens with one attached hydrogen (secondary N) is 2. The van der Waals surface area contributed by atoms with E-state index >= 15 is 0 Å². The van der Waals surface area contributed by atoms with E-state index in [0.29, 0.717) is 26.1 Å². The number of benzene rings is 1. The van der Waals surface area contributed by atoms with Gasteiger partial charge in [0.1, 0.15) is 10.4 Å². The molecule has 2 heterocycles. The van der Waals surface area contributed by atoms with Gasteiger partial charge in [0.05, 0.1) is 12.4 Å². The molecule has 7 nitrogen and oxygen atoms in total. The Morgan fingerprint density at radius 3 is 2.80 bits per heavy atom. The lowest BCUT2D eigenvalue weighted by molar-refractivity contribution is -0.119. The number of nitrogens with zero attached hydrogens (tertiary/aromatic N) is 2. The average Bonchev–Trinajstić information content (AvgIpc) is 3.35. The van der Waals surface area contributed by atoms with Crippen LogP contribution in [0.1, 0.15) is 32.6 Å². The number of aromatic nitrogens is 3. The molecule has 0 spiro atoms. The molecule has 1 aliphatic carbocycles. The standard InChI is InChI=1S/C20H22N4O3S3/c1-2-27-14-9-7-13(8-10-14)24-17-16(30-20(24)28)18(26)23-19(22-17)29-11-15(25)21-12-5-3-4-6-12/h7-10,12H,2-6,11H2,1H3,(H,21,25)(H,22,23,26). The molecule has 30 heavy (non-hydrogen) atoms. The van der Waals surface area contributed by atoms with E-state index in [4.69, 9.17) is 17.0 Å². The van der Waals surface area contributed by atoms with Crippen LogP contribution < -0.4 is 15.6 Å². The van der Waals surface area contributed by atoms with Gasteiger partial charge in [-0.1, -0.05) is 35.9 Å². The smallest absolute Gasteiger partial charge is 0.271 e. The normalized spacial score (nSPS) is 14.3. The topological polar surface area (TPSA) is 89.0 Å². The van der Waals surface area contributed by atoms with Crippen molar-refractivity contribution in [2.75, 3.05) is 12.4 Å². The summed E-state index contributed by atoms with van der Waals surface area (Å²) in [6.07, 6.45) is 4.40. The van der Waals surface area contributed by atoms with Crippen LogP contribution >= 0.6 is 35.3 Å². The molecule has 1 amide bonds. The van der Waals surface area contributed by atoms with Gasteiger partial charge in [-0.3, -0.25) is 14.2 Å². The van der Waals surface area contributed by atoms with Gasteiger partial charge < -0.3 is 15.0 Å². The summed E-state index contributed by atoms with van der Waals surface area (Å²) in [5, 5.41) is 3.45. The lowest BCUT2D eigenvalue weighted by Crippen LogP contribution is -2.33. The number of rotatable bonds is 7. The molecule has 2 N–H and O–H groups in total. The van der Waals surface area contributed by atoms with Crippen LogP contribution in [0.25, 0.3) is 16.0 Å². The summed E-state index contributed by atoms with van der Waals surface area (Å²) in [6, 6.07) is 7.77. The summed E-state index contributed by atoms with van der Waals surface area (Å²) >= 11 is 7.94. The molecule has 158 valence electrons. The monoisotopic (exact) mass is 462 g/mol. The summed E-state index contributed by atoms with van der Waals surface area (Å²) in [5.41, 5.74) is 1.05. The minimum absolute atomic E-state index is 0.0386. The van der Waals surface area contributed by atoms with E-state index in [1.165, 1.54) is 23.1 Å². The van der Waals surface area contributed by atoms with Gasteiger partial charge >= 0.3 is 0 Å². The highest BCUT2D eigenvalue weighted by atomic mass is 32.2. The van der Waals surface area contributed by atoms with Crippen molar-refractivity contribution in [3.8, 4) is 11.4 Å². The van der Waals surface area contributed by atoms with E-state index in [-0.39, 0.29) is 23.3 Å². The van der Waals surface area contributed by atoms with Crippen LogP contribution in [-0.4, -0.2) is 38.8 Å². The van der Waals surface area contributed by atoms with Gasteiger partial charge in [0.15, 0.2) is 14.8 Å². The number of carbonyl (C=O) groups excluding carboxylic acids is 1. The summed E-state index contributed by atoms with van der Waals surface area (Å²) in [6.45, 7) is 2.52. The lowest BCUT2D eigenvalue weighted by Gasteiger charge is -2.11. The van der Waals surface area contributed by atoms with Crippen LogP contribution in [0.3, 0.4) is 0 Å². The minimum Gasteiger partial charge on any atom is -0.494 e. The molecule has 1 aromatic carbocycles. The zero-order valence-corrected chi connectivity index (χ0v) is 18.9. The summed E-state index contributed by atoms with van der Waals surface area (Å²) in [5.74, 6) is 0.935. The molecule has 0 unspecified atom stereocenters. The fourth-order valence-corrected chi connectivity index (χ4v) is 5.46. The summed E-state index contributed by atoms with van der Waals surface area (Å²) < 4.78 is 8.27. The van der Waals surface area contributed by atoms with Gasteiger partial charge in [-0.25, -0.2) is 4.98 Å². The highest BCUT2D eigenvalue weighted by Gasteiger charge is 2.18. The number of fused-ring (bicyclic) bond motifs is 1. The van der Waals surface area contributed by atoms with Gasteiger partial charge in [0, 0.05) is 11.7 Å². The molecule has 0 saturated heterocycles. The molecule has 0 aliphatic heterocycles. The third-order valence-corrected chi connectivity index (χ3v) is 7.12. The predicted octanol–water partition coefficient (Wildman–Crippen LogP) is 4.05. The highest BCUT2D eigenvalue weighted by Crippen LogP contribution is 2.26. The van der Waals surface area contributed by atoms with Crippen LogP contribution in [0, 0.1) is 3.95 Å². The first-order valence-corrected chi connectivity index (χ1v) is 12.1. The van der Waals surface area contributed by atoms with E-state index in [0.717, 1.165) is 37.1 Å². The van der Waals surface area contributed by atoms with Crippen molar-refractivity contribution >= 4 is 51.6 Å². The molecule has 10 heteroatoms. The summed E-state index contributed by atoms with van der Waals surface area (Å²) in [7, 11) is 0. The molecular formula is C20H22N4O3S3. The number of ether oxygens (including phenoxy) is 1. The first kappa shape index (κ1) is 21.1. The largest absolute Gasteiger partial charge is 0.494 e. The Labute approximate surface area is 186 Å². The zero-order chi connectivity index (χ0) is 21.1. The molecule has 0 radical (unpaired) electrons. The number of amides is 1. The lowest BCUT2D eigenvalue weighted by atomic mass is 10.2. The number of aromatic amines is 1. The maximum absolute atomic E-state index is 12.6. The Morgan fingerprint density at radius 1 is 1.37 bits per heavy atom. The van der Waals surface area contributed by atoms with Gasteiger partial charge in [-0.15, -0.1) is 0 Å². The van der Waals surface area contributed by atoms with Crippen molar-refractivity contribution in [3.63, 3.8) is 0 Å². The second kappa shape index (κ2) is 9.32. The Morgan fingerprint density at radius 2 is 2.10 bits per heavy atom. The van der Waals surface area contributed by atoms with E-state index in [1.54, 1.807) is 4.57 Å². The van der Waals surface area contributed by atoms with Crippen LogP contribution in [-0.2, 0) is 4.79 Å². The fourth-order valence-electron chi connectivity index (χ4n) is 3.52. The Balaban J connectivity index is 1.58. The highest BCUT2D eigenvalue weighted by molar-refractivity contribution is 7.99. The van der Waals surface area contributed by atoms with Gasteiger partial charge in [0.2, 0.25) is 5.91 Å². The molecule has 0 atom stereocenters. The number of H-pyrrole nitrogens is 1. The van der Waals surface area contributed by atoms with Crippen molar-refractivity contribution in [1.82, 2.24) is 19.9 Å². The predicted molar refractivity (Wildman–Crippen MR) is 123 cm³/mol. The second-order valence-corrected chi connectivity index (χ2v) is 9.60. The number of thioether (sulfide) groups is 1. The van der Waals surface area contributed by atoms with E-state index in [9.17, 15) is 9.59 Å². The zero-order valence-electron chi connectivity index (χ0n) is 16.5. The quantitative estimate of drug-likeness (QED) is 0.313. The van der Waals surface area contributed by atoms with Gasteiger partial charge in [-0.2, -0.15) is 0 Å². The van der Waals surface area contributed by atoms with Crippen molar-refractivity contribution < 1.29 is 9.53 Å². The average molecular weight is 463 g/mol.